The summed E-state index contributed by atoms with van der Waals surface area (Å²) in [5.41, 5.74) is 1.43. The fraction of sp³-hybridized carbons (Fsp3) is 0.467. The average Bonchev–Trinajstić information content (AvgIpc) is 2.49. The summed E-state index contributed by atoms with van der Waals surface area (Å²) >= 11 is 0. The first-order chi connectivity index (χ1) is 10.4. The van der Waals surface area contributed by atoms with E-state index in [4.69, 9.17) is 9.16 Å². The maximum atomic E-state index is 11.6. The van der Waals surface area contributed by atoms with E-state index in [1.54, 1.807) is 0 Å². The SMILES string of the molecule is CC(C)[SiH](OC(=O)N=NC(=O)OCc1ccccc1)C(C)C. The summed E-state index contributed by atoms with van der Waals surface area (Å²) < 4.78 is 10.2. The van der Waals surface area contributed by atoms with Crippen LogP contribution in [-0.4, -0.2) is 21.2 Å². The summed E-state index contributed by atoms with van der Waals surface area (Å²) in [6.45, 7) is 8.12. The first kappa shape index (κ1) is 18.0. The maximum absolute atomic E-state index is 11.6. The van der Waals surface area contributed by atoms with Gasteiger partial charge in [0.2, 0.25) is 9.04 Å². The van der Waals surface area contributed by atoms with E-state index < -0.39 is 21.2 Å². The molecule has 0 heterocycles. The molecule has 0 unspecified atom stereocenters. The first-order valence-corrected chi connectivity index (χ1v) is 9.03. The highest BCUT2D eigenvalue weighted by atomic mass is 28.3. The molecule has 1 rings (SSSR count). The summed E-state index contributed by atoms with van der Waals surface area (Å²) in [5.74, 6) is 0. The Labute approximate surface area is 132 Å². The Morgan fingerprint density at radius 3 is 2.09 bits per heavy atom. The second kappa shape index (κ2) is 9.09. The van der Waals surface area contributed by atoms with Gasteiger partial charge in [0.05, 0.1) is 0 Å². The zero-order chi connectivity index (χ0) is 16.5. The van der Waals surface area contributed by atoms with Crippen LogP contribution in [0.4, 0.5) is 9.59 Å². The molecule has 0 saturated heterocycles. The van der Waals surface area contributed by atoms with Gasteiger partial charge in [0.15, 0.2) is 0 Å². The van der Waals surface area contributed by atoms with Crippen molar-refractivity contribution in [3.63, 3.8) is 0 Å². The van der Waals surface area contributed by atoms with Crippen molar-refractivity contribution >= 4 is 21.2 Å². The fourth-order valence-corrected chi connectivity index (χ4v) is 4.38. The molecule has 0 radical (unpaired) electrons. The Morgan fingerprint density at radius 1 is 1.00 bits per heavy atom. The number of amides is 2. The van der Waals surface area contributed by atoms with Crippen LogP contribution in [0.25, 0.3) is 0 Å². The Hall–Kier alpha value is -2.02. The topological polar surface area (TPSA) is 77.3 Å². The highest BCUT2D eigenvalue weighted by molar-refractivity contribution is 6.56. The molecule has 0 N–H and O–H groups in total. The quantitative estimate of drug-likeness (QED) is 0.592. The van der Waals surface area contributed by atoms with Gasteiger partial charge in [-0.2, -0.15) is 0 Å². The molecule has 6 nitrogen and oxygen atoms in total. The number of azo groups is 1. The molecule has 7 heteroatoms. The second-order valence-corrected chi connectivity index (χ2v) is 9.41. The molecule has 0 bridgehead atoms. The number of ether oxygens (including phenoxy) is 1. The normalized spacial score (nSPS) is 11.4. The van der Waals surface area contributed by atoms with E-state index in [-0.39, 0.29) is 6.61 Å². The molecule has 0 saturated carbocycles. The van der Waals surface area contributed by atoms with Crippen molar-refractivity contribution in [1.82, 2.24) is 0 Å². The molecule has 1 aromatic rings. The molecule has 0 atom stereocenters. The van der Waals surface area contributed by atoms with Crippen molar-refractivity contribution in [3.8, 4) is 0 Å². The van der Waals surface area contributed by atoms with Gasteiger partial charge in [0, 0.05) is 0 Å². The Balaban J connectivity index is 2.43. The molecule has 0 aliphatic heterocycles. The number of nitrogens with zero attached hydrogens (tertiary/aromatic N) is 2. The predicted octanol–water partition coefficient (Wildman–Crippen LogP) is 4.46. The minimum atomic E-state index is -1.72. The van der Waals surface area contributed by atoms with E-state index in [0.29, 0.717) is 11.1 Å². The van der Waals surface area contributed by atoms with Gasteiger partial charge in [-0.25, -0.2) is 9.59 Å². The molecule has 120 valence electrons. The van der Waals surface area contributed by atoms with E-state index in [0.717, 1.165) is 5.56 Å². The van der Waals surface area contributed by atoms with Crippen molar-refractivity contribution in [2.45, 2.75) is 45.4 Å². The van der Waals surface area contributed by atoms with E-state index in [9.17, 15) is 9.59 Å². The number of carbonyl (C=O) groups excluding carboxylic acids is 2. The minimum absolute atomic E-state index is 0.0864. The van der Waals surface area contributed by atoms with E-state index >= 15 is 0 Å². The van der Waals surface area contributed by atoms with Crippen LogP contribution < -0.4 is 0 Å². The van der Waals surface area contributed by atoms with Gasteiger partial charge < -0.3 is 9.16 Å². The molecule has 0 spiro atoms. The molecule has 22 heavy (non-hydrogen) atoms. The fourth-order valence-electron chi connectivity index (χ4n) is 2.01. The van der Waals surface area contributed by atoms with Crippen LogP contribution in [0.3, 0.4) is 0 Å². The first-order valence-electron chi connectivity index (χ1n) is 7.23. The minimum Gasteiger partial charge on any atom is -0.503 e. The van der Waals surface area contributed by atoms with Gasteiger partial charge in [0.25, 0.3) is 0 Å². The standard InChI is InChI=1S/C15H22N2O4Si/c1-11(2)22(12(3)4)21-15(19)17-16-14(18)20-10-13-8-6-5-7-9-13/h5-9,11-12,22H,10H2,1-4H3. The highest BCUT2D eigenvalue weighted by Crippen LogP contribution is 2.21. The van der Waals surface area contributed by atoms with Gasteiger partial charge in [-0.15, -0.1) is 0 Å². The smallest absolute Gasteiger partial charge is 0.452 e. The second-order valence-electron chi connectivity index (χ2n) is 5.58. The van der Waals surface area contributed by atoms with E-state index in [2.05, 4.69) is 10.2 Å². The molecule has 2 amide bonds. The third-order valence-corrected chi connectivity index (χ3v) is 6.07. The summed E-state index contributed by atoms with van der Waals surface area (Å²) in [6, 6.07) is 9.18. The lowest BCUT2D eigenvalue weighted by Crippen LogP contribution is -2.27. The van der Waals surface area contributed by atoms with Crippen molar-refractivity contribution in [2.24, 2.45) is 10.2 Å². The van der Waals surface area contributed by atoms with Gasteiger partial charge in [-0.3, -0.25) is 0 Å². The van der Waals surface area contributed by atoms with Crippen LogP contribution in [0, 0.1) is 0 Å². The van der Waals surface area contributed by atoms with Gasteiger partial charge in [-0.1, -0.05) is 68.3 Å². The zero-order valence-electron chi connectivity index (χ0n) is 13.4. The molecular weight excluding hydrogens is 300 g/mol. The van der Waals surface area contributed by atoms with Crippen LogP contribution >= 0.6 is 0 Å². The van der Waals surface area contributed by atoms with Gasteiger partial charge in [0.1, 0.15) is 6.61 Å². The average molecular weight is 322 g/mol. The largest absolute Gasteiger partial charge is 0.503 e. The molecule has 0 aliphatic rings. The molecule has 1 aromatic carbocycles. The molecular formula is C15H22N2O4Si. The number of carbonyl (C=O) groups is 2. The summed E-state index contributed by atoms with van der Waals surface area (Å²) in [4.78, 5) is 23.0. The molecule has 0 fully saturated rings. The van der Waals surface area contributed by atoms with Crippen molar-refractivity contribution in [2.75, 3.05) is 0 Å². The Morgan fingerprint density at radius 2 is 1.55 bits per heavy atom. The van der Waals surface area contributed by atoms with Crippen LogP contribution in [0.5, 0.6) is 0 Å². The number of hydrogen-bond donors (Lipinski definition) is 0. The third kappa shape index (κ3) is 6.62. The van der Waals surface area contributed by atoms with Gasteiger partial charge >= 0.3 is 12.2 Å². The third-order valence-electron chi connectivity index (χ3n) is 2.97. The van der Waals surface area contributed by atoms with Crippen molar-refractivity contribution < 1.29 is 18.8 Å². The summed E-state index contributed by atoms with van der Waals surface area (Å²) in [5, 5.41) is 6.49. The van der Waals surface area contributed by atoms with Crippen LogP contribution in [0.15, 0.2) is 40.6 Å². The molecule has 0 aromatic heterocycles. The van der Waals surface area contributed by atoms with Crippen molar-refractivity contribution in [3.05, 3.63) is 35.9 Å². The van der Waals surface area contributed by atoms with Crippen LogP contribution in [0.2, 0.25) is 11.1 Å². The lowest BCUT2D eigenvalue weighted by molar-refractivity contribution is 0.147. The predicted molar refractivity (Wildman–Crippen MR) is 85.3 cm³/mol. The number of rotatable bonds is 5. The number of benzene rings is 1. The van der Waals surface area contributed by atoms with Crippen molar-refractivity contribution in [1.29, 1.82) is 0 Å². The maximum Gasteiger partial charge on any atom is 0.452 e. The Kier molecular flexibility index (Phi) is 7.45. The molecule has 0 aliphatic carbocycles. The zero-order valence-corrected chi connectivity index (χ0v) is 14.5. The van der Waals surface area contributed by atoms with Crippen LogP contribution in [-0.2, 0) is 15.8 Å². The van der Waals surface area contributed by atoms with Crippen LogP contribution in [0.1, 0.15) is 33.3 Å². The lowest BCUT2D eigenvalue weighted by Gasteiger charge is -2.21. The summed E-state index contributed by atoms with van der Waals surface area (Å²) in [6.07, 6.45) is -1.73. The van der Waals surface area contributed by atoms with E-state index in [1.165, 1.54) is 0 Å². The van der Waals surface area contributed by atoms with Gasteiger partial charge in [-0.05, 0) is 16.6 Å². The monoisotopic (exact) mass is 322 g/mol. The summed E-state index contributed by atoms with van der Waals surface area (Å²) in [7, 11) is -1.72. The lowest BCUT2D eigenvalue weighted by atomic mass is 10.2. The van der Waals surface area contributed by atoms with E-state index in [1.807, 2.05) is 58.0 Å². The Bertz CT molecular complexity index is 510. The number of hydrogen-bond acceptors (Lipinski definition) is 4. The highest BCUT2D eigenvalue weighted by Gasteiger charge is 2.25.